The highest BCUT2D eigenvalue weighted by Gasteiger charge is 2.12. The molecule has 3 rings (SSSR count). The predicted molar refractivity (Wildman–Crippen MR) is 130 cm³/mol. The van der Waals surface area contributed by atoms with E-state index in [2.05, 4.69) is 15.6 Å². The molecule has 3 aromatic rings. The lowest BCUT2D eigenvalue weighted by molar-refractivity contribution is -0.109. The summed E-state index contributed by atoms with van der Waals surface area (Å²) in [6, 6.07) is 21.4. The van der Waals surface area contributed by atoms with Crippen LogP contribution in [0.2, 0.25) is 0 Å². The SMILES string of the molecule is CSc1ccc(CNC=O)cc1.Cc1cc(-c2ccccc2)cc(C(=O)NC(C)CO)n1. The highest BCUT2D eigenvalue weighted by Crippen LogP contribution is 2.20. The van der Waals surface area contributed by atoms with Crippen molar-refractivity contribution in [3.63, 3.8) is 0 Å². The molecule has 0 aliphatic rings. The second-order valence-corrected chi connectivity index (χ2v) is 8.03. The van der Waals surface area contributed by atoms with Crippen molar-refractivity contribution in [1.29, 1.82) is 0 Å². The van der Waals surface area contributed by atoms with E-state index in [1.807, 2.05) is 73.8 Å². The van der Waals surface area contributed by atoms with Gasteiger partial charge in [0.15, 0.2) is 0 Å². The molecule has 0 aliphatic heterocycles. The topological polar surface area (TPSA) is 91.3 Å². The van der Waals surface area contributed by atoms with Crippen LogP contribution in [0.3, 0.4) is 0 Å². The molecule has 7 heteroatoms. The Morgan fingerprint density at radius 2 is 1.78 bits per heavy atom. The number of hydrogen-bond acceptors (Lipinski definition) is 5. The summed E-state index contributed by atoms with van der Waals surface area (Å²) in [6.07, 6.45) is 2.75. The van der Waals surface area contributed by atoms with Gasteiger partial charge in [-0.1, -0.05) is 42.5 Å². The Labute approximate surface area is 193 Å². The number of pyridine rings is 1. The van der Waals surface area contributed by atoms with E-state index in [0.717, 1.165) is 22.4 Å². The highest BCUT2D eigenvalue weighted by molar-refractivity contribution is 7.98. The number of carbonyl (C=O) groups is 2. The van der Waals surface area contributed by atoms with E-state index in [-0.39, 0.29) is 18.6 Å². The fourth-order valence-electron chi connectivity index (χ4n) is 2.83. The molecule has 2 amide bonds. The Hall–Kier alpha value is -3.16. The first kappa shape index (κ1) is 25.1. The second kappa shape index (κ2) is 13.3. The van der Waals surface area contributed by atoms with Crippen LogP contribution in [-0.2, 0) is 11.3 Å². The molecule has 0 aliphatic carbocycles. The fraction of sp³-hybridized carbons (Fsp3) is 0.240. The number of carbonyl (C=O) groups excluding carboxylic acids is 2. The summed E-state index contributed by atoms with van der Waals surface area (Å²) in [5.74, 6) is -0.271. The molecular weight excluding hydrogens is 422 g/mol. The van der Waals surface area contributed by atoms with Crippen LogP contribution < -0.4 is 10.6 Å². The fourth-order valence-corrected chi connectivity index (χ4v) is 3.24. The van der Waals surface area contributed by atoms with E-state index >= 15 is 0 Å². The molecule has 0 spiro atoms. The average Bonchev–Trinajstić information content (AvgIpc) is 2.83. The van der Waals surface area contributed by atoms with Crippen molar-refractivity contribution < 1.29 is 14.7 Å². The molecule has 0 saturated carbocycles. The normalized spacial score (nSPS) is 11.0. The molecule has 168 valence electrons. The molecule has 3 N–H and O–H groups in total. The molecule has 0 saturated heterocycles. The van der Waals surface area contributed by atoms with Gasteiger partial charge in [0.1, 0.15) is 5.69 Å². The molecule has 0 fully saturated rings. The molecular formula is C25H29N3O3S. The lowest BCUT2D eigenvalue weighted by Crippen LogP contribution is -2.35. The number of benzene rings is 2. The molecule has 0 radical (unpaired) electrons. The predicted octanol–water partition coefficient (Wildman–Crippen LogP) is 3.82. The van der Waals surface area contributed by atoms with Crippen LogP contribution in [0.5, 0.6) is 0 Å². The maximum atomic E-state index is 12.1. The van der Waals surface area contributed by atoms with Crippen LogP contribution in [-0.4, -0.2) is 41.3 Å². The third-order valence-corrected chi connectivity index (χ3v) is 5.24. The van der Waals surface area contributed by atoms with E-state index < -0.39 is 0 Å². The minimum Gasteiger partial charge on any atom is -0.394 e. The third kappa shape index (κ3) is 8.17. The molecule has 1 unspecified atom stereocenters. The van der Waals surface area contributed by atoms with Crippen molar-refractivity contribution in [3.8, 4) is 11.1 Å². The number of hydrogen-bond donors (Lipinski definition) is 3. The number of aromatic nitrogens is 1. The van der Waals surface area contributed by atoms with Gasteiger partial charge in [-0.25, -0.2) is 4.98 Å². The second-order valence-electron chi connectivity index (χ2n) is 7.15. The Morgan fingerprint density at radius 3 is 2.38 bits per heavy atom. The van der Waals surface area contributed by atoms with Crippen molar-refractivity contribution >= 4 is 24.1 Å². The largest absolute Gasteiger partial charge is 0.394 e. The number of aliphatic hydroxyl groups excluding tert-OH is 1. The van der Waals surface area contributed by atoms with Crippen molar-refractivity contribution in [1.82, 2.24) is 15.6 Å². The summed E-state index contributed by atoms with van der Waals surface area (Å²) >= 11 is 1.71. The van der Waals surface area contributed by atoms with Gasteiger partial charge >= 0.3 is 0 Å². The Kier molecular flexibility index (Phi) is 10.4. The first-order chi connectivity index (χ1) is 15.5. The molecule has 1 atom stereocenters. The quantitative estimate of drug-likeness (QED) is 0.358. The third-order valence-electron chi connectivity index (χ3n) is 4.49. The van der Waals surface area contributed by atoms with Crippen LogP contribution in [0.25, 0.3) is 11.1 Å². The summed E-state index contributed by atoms with van der Waals surface area (Å²) in [5.41, 5.74) is 4.28. The number of aliphatic hydroxyl groups is 1. The van der Waals surface area contributed by atoms with Gasteiger partial charge in [0.05, 0.1) is 6.61 Å². The highest BCUT2D eigenvalue weighted by atomic mass is 32.2. The van der Waals surface area contributed by atoms with Gasteiger partial charge in [-0.15, -0.1) is 11.8 Å². The summed E-state index contributed by atoms with van der Waals surface area (Å²) in [7, 11) is 0. The number of nitrogens with zero attached hydrogens (tertiary/aromatic N) is 1. The molecule has 32 heavy (non-hydrogen) atoms. The minimum absolute atomic E-state index is 0.0941. The van der Waals surface area contributed by atoms with Gasteiger partial charge in [-0.2, -0.15) is 0 Å². The van der Waals surface area contributed by atoms with Crippen LogP contribution in [0, 0.1) is 6.92 Å². The van der Waals surface area contributed by atoms with E-state index in [4.69, 9.17) is 5.11 Å². The van der Waals surface area contributed by atoms with Gasteiger partial charge in [0, 0.05) is 23.2 Å². The number of amides is 2. The maximum Gasteiger partial charge on any atom is 0.270 e. The first-order valence-electron chi connectivity index (χ1n) is 10.2. The zero-order valence-corrected chi connectivity index (χ0v) is 19.4. The minimum atomic E-state index is -0.287. The maximum absolute atomic E-state index is 12.1. The zero-order chi connectivity index (χ0) is 23.3. The van der Waals surface area contributed by atoms with Crippen LogP contribution in [0.15, 0.2) is 71.6 Å². The van der Waals surface area contributed by atoms with Gasteiger partial charge in [-0.3, -0.25) is 9.59 Å². The van der Waals surface area contributed by atoms with Crippen LogP contribution in [0.4, 0.5) is 0 Å². The standard InChI is InChI=1S/C16H18N2O2.C9H11NOS/c1-11-8-14(13-6-4-3-5-7-13)9-15(17-11)16(20)18-12(2)10-19;1-12-9-4-2-8(3-5-9)6-10-7-11/h3-9,12,19H,10H2,1-2H3,(H,18,20);2-5,7H,6H2,1H3,(H,10,11). The Bertz CT molecular complexity index is 995. The number of aryl methyl sites for hydroxylation is 1. The van der Waals surface area contributed by atoms with Crippen LogP contribution in [0.1, 0.15) is 28.7 Å². The number of thioether (sulfide) groups is 1. The van der Waals surface area contributed by atoms with Gasteiger partial charge in [0.2, 0.25) is 6.41 Å². The van der Waals surface area contributed by atoms with Crippen molar-refractivity contribution in [3.05, 3.63) is 83.7 Å². The van der Waals surface area contributed by atoms with E-state index in [1.54, 1.807) is 24.8 Å². The summed E-state index contributed by atoms with van der Waals surface area (Å²) in [4.78, 5) is 27.5. The Balaban J connectivity index is 0.000000258. The number of nitrogens with one attached hydrogen (secondary N) is 2. The van der Waals surface area contributed by atoms with Crippen molar-refractivity contribution in [2.75, 3.05) is 12.9 Å². The lowest BCUT2D eigenvalue weighted by atomic mass is 10.0. The molecule has 1 heterocycles. The van der Waals surface area contributed by atoms with E-state index in [9.17, 15) is 9.59 Å². The summed E-state index contributed by atoms with van der Waals surface area (Å²) < 4.78 is 0. The number of rotatable bonds is 8. The molecule has 1 aromatic heterocycles. The van der Waals surface area contributed by atoms with Gasteiger partial charge in [0.25, 0.3) is 5.91 Å². The summed E-state index contributed by atoms with van der Waals surface area (Å²) in [5, 5.41) is 14.3. The smallest absolute Gasteiger partial charge is 0.270 e. The van der Waals surface area contributed by atoms with Crippen molar-refractivity contribution in [2.45, 2.75) is 31.3 Å². The van der Waals surface area contributed by atoms with Gasteiger partial charge < -0.3 is 15.7 Å². The van der Waals surface area contributed by atoms with Crippen LogP contribution >= 0.6 is 11.8 Å². The van der Waals surface area contributed by atoms with E-state index in [0.29, 0.717) is 18.6 Å². The zero-order valence-electron chi connectivity index (χ0n) is 18.5. The summed E-state index contributed by atoms with van der Waals surface area (Å²) in [6.45, 7) is 4.12. The van der Waals surface area contributed by atoms with Gasteiger partial charge in [-0.05, 0) is 61.1 Å². The first-order valence-corrected chi connectivity index (χ1v) is 11.4. The van der Waals surface area contributed by atoms with Crippen molar-refractivity contribution in [2.24, 2.45) is 0 Å². The molecule has 2 aromatic carbocycles. The lowest BCUT2D eigenvalue weighted by Gasteiger charge is -2.11. The average molecular weight is 452 g/mol. The molecule has 0 bridgehead atoms. The molecule has 6 nitrogen and oxygen atoms in total. The van der Waals surface area contributed by atoms with E-state index in [1.165, 1.54) is 4.90 Å². The Morgan fingerprint density at radius 1 is 1.09 bits per heavy atom. The monoisotopic (exact) mass is 451 g/mol.